The molecule has 0 bridgehead atoms. The third kappa shape index (κ3) is 5.09. The average molecular weight is 347 g/mol. The van der Waals surface area contributed by atoms with Gasteiger partial charge in [0, 0.05) is 17.5 Å². The van der Waals surface area contributed by atoms with Gasteiger partial charge in [0.15, 0.2) is 9.84 Å². The minimum Gasteiger partial charge on any atom is -0.493 e. The SMILES string of the molecule is CC(C)COc1cccc(C(=O)Nc2cccc(S(C)(=O)=O)c2)c1. The molecular weight excluding hydrogens is 326 g/mol. The van der Waals surface area contributed by atoms with Gasteiger partial charge in [0.25, 0.3) is 5.91 Å². The summed E-state index contributed by atoms with van der Waals surface area (Å²) >= 11 is 0. The van der Waals surface area contributed by atoms with Crippen molar-refractivity contribution >= 4 is 21.4 Å². The first-order chi connectivity index (χ1) is 11.3. The van der Waals surface area contributed by atoms with Crippen molar-refractivity contribution in [3.63, 3.8) is 0 Å². The highest BCUT2D eigenvalue weighted by molar-refractivity contribution is 7.90. The zero-order valence-corrected chi connectivity index (χ0v) is 14.8. The van der Waals surface area contributed by atoms with Crippen LogP contribution in [0.3, 0.4) is 0 Å². The number of anilines is 1. The Morgan fingerprint density at radius 3 is 2.50 bits per heavy atom. The highest BCUT2D eigenvalue weighted by Crippen LogP contribution is 2.18. The number of nitrogens with one attached hydrogen (secondary N) is 1. The Kier molecular flexibility index (Phi) is 5.62. The number of hydrogen-bond donors (Lipinski definition) is 1. The van der Waals surface area contributed by atoms with Crippen LogP contribution in [0, 0.1) is 5.92 Å². The molecule has 2 aromatic carbocycles. The Morgan fingerprint density at radius 1 is 1.12 bits per heavy atom. The predicted octanol–water partition coefficient (Wildman–Crippen LogP) is 3.38. The second kappa shape index (κ2) is 7.49. The standard InChI is InChI=1S/C18H21NO4S/c1-13(2)12-23-16-8-4-6-14(10-16)18(20)19-15-7-5-9-17(11-15)24(3,21)22/h4-11,13H,12H2,1-3H3,(H,19,20). The molecule has 0 aliphatic rings. The Morgan fingerprint density at radius 2 is 1.83 bits per heavy atom. The van der Waals surface area contributed by atoms with Crippen molar-refractivity contribution in [1.29, 1.82) is 0 Å². The number of carbonyl (C=O) groups is 1. The van der Waals surface area contributed by atoms with Crippen LogP contribution >= 0.6 is 0 Å². The molecule has 2 rings (SSSR count). The molecule has 0 spiro atoms. The zero-order chi connectivity index (χ0) is 17.7. The summed E-state index contributed by atoms with van der Waals surface area (Å²) in [4.78, 5) is 12.5. The summed E-state index contributed by atoms with van der Waals surface area (Å²) in [5.41, 5.74) is 0.873. The van der Waals surface area contributed by atoms with Crippen LogP contribution in [0.2, 0.25) is 0 Å². The monoisotopic (exact) mass is 347 g/mol. The third-order valence-electron chi connectivity index (χ3n) is 3.20. The van der Waals surface area contributed by atoms with E-state index in [0.717, 1.165) is 6.26 Å². The highest BCUT2D eigenvalue weighted by Gasteiger charge is 2.11. The van der Waals surface area contributed by atoms with Gasteiger partial charge in [-0.25, -0.2) is 8.42 Å². The molecule has 1 amide bonds. The molecule has 0 aliphatic carbocycles. The molecule has 0 aromatic heterocycles. The van der Waals surface area contributed by atoms with E-state index in [-0.39, 0.29) is 10.8 Å². The maximum Gasteiger partial charge on any atom is 0.255 e. The summed E-state index contributed by atoms with van der Waals surface area (Å²) in [6.07, 6.45) is 1.13. The maximum atomic E-state index is 12.3. The topological polar surface area (TPSA) is 72.5 Å². The first kappa shape index (κ1) is 18.0. The van der Waals surface area contributed by atoms with Crippen molar-refractivity contribution in [3.05, 3.63) is 54.1 Å². The summed E-state index contributed by atoms with van der Waals surface area (Å²) in [6.45, 7) is 4.66. The predicted molar refractivity (Wildman–Crippen MR) is 94.3 cm³/mol. The average Bonchev–Trinajstić information content (AvgIpc) is 2.52. The second-order valence-electron chi connectivity index (χ2n) is 5.99. The second-order valence-corrected chi connectivity index (χ2v) is 8.00. The molecule has 0 fully saturated rings. The van der Waals surface area contributed by atoms with Crippen LogP contribution in [-0.4, -0.2) is 27.2 Å². The van der Waals surface area contributed by atoms with Crippen LogP contribution < -0.4 is 10.1 Å². The number of amides is 1. The Bertz CT molecular complexity index is 828. The summed E-state index contributed by atoms with van der Waals surface area (Å²) in [5, 5.41) is 2.70. The zero-order valence-electron chi connectivity index (χ0n) is 13.9. The summed E-state index contributed by atoms with van der Waals surface area (Å²) in [6, 6.07) is 13.1. The molecule has 6 heteroatoms. The molecule has 0 aliphatic heterocycles. The minimum atomic E-state index is -3.32. The summed E-state index contributed by atoms with van der Waals surface area (Å²) in [7, 11) is -3.32. The van der Waals surface area contributed by atoms with Crippen molar-refractivity contribution in [2.24, 2.45) is 5.92 Å². The van der Waals surface area contributed by atoms with Crippen LogP contribution in [0.1, 0.15) is 24.2 Å². The van der Waals surface area contributed by atoms with Gasteiger partial charge in [-0.15, -0.1) is 0 Å². The van der Waals surface area contributed by atoms with Crippen LogP contribution in [0.5, 0.6) is 5.75 Å². The number of carbonyl (C=O) groups excluding carboxylic acids is 1. The first-order valence-electron chi connectivity index (χ1n) is 7.60. The van der Waals surface area contributed by atoms with Crippen LogP contribution in [0.25, 0.3) is 0 Å². The van der Waals surface area contributed by atoms with Crippen molar-refractivity contribution in [2.45, 2.75) is 18.7 Å². The Hall–Kier alpha value is -2.34. The smallest absolute Gasteiger partial charge is 0.255 e. The van der Waals surface area contributed by atoms with E-state index in [1.807, 2.05) is 13.8 Å². The van der Waals surface area contributed by atoms with Gasteiger partial charge in [-0.3, -0.25) is 4.79 Å². The Balaban J connectivity index is 2.14. The molecule has 0 saturated carbocycles. The van der Waals surface area contributed by atoms with E-state index in [4.69, 9.17) is 4.74 Å². The first-order valence-corrected chi connectivity index (χ1v) is 9.49. The highest BCUT2D eigenvalue weighted by atomic mass is 32.2. The normalized spacial score (nSPS) is 11.3. The van der Waals surface area contributed by atoms with E-state index < -0.39 is 9.84 Å². The number of rotatable bonds is 6. The quantitative estimate of drug-likeness (QED) is 0.869. The molecule has 0 radical (unpaired) electrons. The van der Waals surface area contributed by atoms with Gasteiger partial charge in [0.2, 0.25) is 0 Å². The van der Waals surface area contributed by atoms with Crippen LogP contribution in [-0.2, 0) is 9.84 Å². The van der Waals surface area contributed by atoms with Gasteiger partial charge in [0.1, 0.15) is 5.75 Å². The van der Waals surface area contributed by atoms with Crippen molar-refractivity contribution in [3.8, 4) is 5.75 Å². The summed E-state index contributed by atoms with van der Waals surface area (Å²) < 4.78 is 28.8. The molecule has 24 heavy (non-hydrogen) atoms. The molecule has 1 N–H and O–H groups in total. The van der Waals surface area contributed by atoms with Gasteiger partial charge in [-0.2, -0.15) is 0 Å². The van der Waals surface area contributed by atoms with Gasteiger partial charge >= 0.3 is 0 Å². The third-order valence-corrected chi connectivity index (χ3v) is 4.31. The van der Waals surface area contributed by atoms with E-state index >= 15 is 0 Å². The van der Waals surface area contributed by atoms with Gasteiger partial charge in [-0.1, -0.05) is 26.0 Å². The lowest BCUT2D eigenvalue weighted by Crippen LogP contribution is -2.13. The van der Waals surface area contributed by atoms with E-state index in [2.05, 4.69) is 5.32 Å². The fourth-order valence-corrected chi connectivity index (χ4v) is 2.66. The fourth-order valence-electron chi connectivity index (χ4n) is 2.00. The van der Waals surface area contributed by atoms with Gasteiger partial charge in [-0.05, 0) is 42.3 Å². The van der Waals surface area contributed by atoms with Crippen LogP contribution in [0.4, 0.5) is 5.69 Å². The minimum absolute atomic E-state index is 0.161. The van der Waals surface area contributed by atoms with Gasteiger partial charge < -0.3 is 10.1 Å². The number of hydrogen-bond acceptors (Lipinski definition) is 4. The molecule has 2 aromatic rings. The van der Waals surface area contributed by atoms with E-state index in [9.17, 15) is 13.2 Å². The molecule has 0 unspecified atom stereocenters. The number of sulfone groups is 1. The lowest BCUT2D eigenvalue weighted by molar-refractivity contribution is 0.102. The van der Waals surface area contributed by atoms with Crippen molar-refractivity contribution < 1.29 is 17.9 Å². The molecule has 128 valence electrons. The fraction of sp³-hybridized carbons (Fsp3) is 0.278. The molecule has 0 saturated heterocycles. The van der Waals surface area contributed by atoms with Crippen molar-refractivity contribution in [2.75, 3.05) is 18.2 Å². The number of ether oxygens (including phenoxy) is 1. The molecule has 0 heterocycles. The van der Waals surface area contributed by atoms with E-state index in [0.29, 0.717) is 29.5 Å². The van der Waals surface area contributed by atoms with Gasteiger partial charge in [0.05, 0.1) is 11.5 Å². The molecule has 0 atom stereocenters. The molecular formula is C18H21NO4S. The van der Waals surface area contributed by atoms with E-state index in [1.165, 1.54) is 12.1 Å². The Labute approximate surface area is 142 Å². The van der Waals surface area contributed by atoms with Crippen LogP contribution in [0.15, 0.2) is 53.4 Å². The lowest BCUT2D eigenvalue weighted by atomic mass is 10.2. The maximum absolute atomic E-state index is 12.3. The molecule has 5 nitrogen and oxygen atoms in total. The largest absolute Gasteiger partial charge is 0.493 e. The van der Waals surface area contributed by atoms with Crippen molar-refractivity contribution in [1.82, 2.24) is 0 Å². The summed E-state index contributed by atoms with van der Waals surface area (Å²) in [5.74, 6) is 0.693. The lowest BCUT2D eigenvalue weighted by Gasteiger charge is -2.10. The van der Waals surface area contributed by atoms with E-state index in [1.54, 1.807) is 36.4 Å². The number of benzene rings is 2.